The number of carbonyl (C=O) groups excluding carboxylic acids is 1. The SMILES string of the molecule is CCCC(=O)N1CCN(c2cccc(Cn3nc(-c4nc(-c5ccc(OC(F)(F)F)cc5)no4)c4ccccc43)c2)CC1. The summed E-state index contributed by atoms with van der Waals surface area (Å²) in [4.78, 5) is 21.0. The first-order chi connectivity index (χ1) is 20.8. The predicted octanol–water partition coefficient (Wildman–Crippen LogP) is 6.15. The molecule has 2 aromatic heterocycles. The Morgan fingerprint density at radius 2 is 1.74 bits per heavy atom. The molecule has 6 rings (SSSR count). The topological polar surface area (TPSA) is 89.5 Å². The van der Waals surface area contributed by atoms with Crippen molar-refractivity contribution in [1.82, 2.24) is 24.8 Å². The zero-order valence-corrected chi connectivity index (χ0v) is 23.4. The molecule has 0 aliphatic carbocycles. The highest BCUT2D eigenvalue weighted by atomic mass is 19.4. The zero-order chi connectivity index (χ0) is 30.0. The fourth-order valence-corrected chi connectivity index (χ4v) is 5.26. The molecule has 5 aromatic rings. The van der Waals surface area contributed by atoms with Crippen LogP contribution in [0.1, 0.15) is 25.3 Å². The zero-order valence-electron chi connectivity index (χ0n) is 23.4. The van der Waals surface area contributed by atoms with Crippen molar-refractivity contribution in [2.75, 3.05) is 31.1 Å². The molecule has 3 heterocycles. The Hall–Kier alpha value is -4.87. The molecule has 1 aliphatic heterocycles. The minimum atomic E-state index is -4.77. The van der Waals surface area contributed by atoms with Crippen LogP contribution in [0.3, 0.4) is 0 Å². The standard InChI is InChI=1S/C31H29F3N6O3/c1-2-6-27(41)39-17-15-38(16-18-39)23-8-5-7-21(19-23)20-40-26-10-4-3-9-25(26)28(36-40)30-35-29(37-43-30)22-11-13-24(14-12-22)42-31(32,33)34/h3-5,7-14,19H,2,6,15-18,20H2,1H3. The van der Waals surface area contributed by atoms with Crippen molar-refractivity contribution < 1.29 is 27.2 Å². The van der Waals surface area contributed by atoms with Crippen LogP contribution in [0.2, 0.25) is 0 Å². The number of carbonyl (C=O) groups is 1. The second-order valence-electron chi connectivity index (χ2n) is 10.3. The smallest absolute Gasteiger partial charge is 0.406 e. The number of rotatable bonds is 8. The van der Waals surface area contributed by atoms with Gasteiger partial charge in [0.15, 0.2) is 5.69 Å². The summed E-state index contributed by atoms with van der Waals surface area (Å²) < 4.78 is 48.9. The average molecular weight is 591 g/mol. The maximum Gasteiger partial charge on any atom is 0.573 e. The summed E-state index contributed by atoms with van der Waals surface area (Å²) in [6.45, 7) is 5.52. The lowest BCUT2D eigenvalue weighted by Gasteiger charge is -2.36. The third kappa shape index (κ3) is 6.32. The molecular formula is C31H29F3N6O3. The third-order valence-corrected chi connectivity index (χ3v) is 7.34. The molecule has 0 saturated carbocycles. The van der Waals surface area contributed by atoms with Crippen molar-refractivity contribution in [2.45, 2.75) is 32.7 Å². The minimum Gasteiger partial charge on any atom is -0.406 e. The lowest BCUT2D eigenvalue weighted by atomic mass is 10.1. The first-order valence-electron chi connectivity index (χ1n) is 14.0. The van der Waals surface area contributed by atoms with Crippen molar-refractivity contribution >= 4 is 22.5 Å². The number of ether oxygens (including phenoxy) is 1. The average Bonchev–Trinajstić information content (AvgIpc) is 3.63. The quantitative estimate of drug-likeness (QED) is 0.214. The number of alkyl halides is 3. The molecule has 1 aliphatic rings. The summed E-state index contributed by atoms with van der Waals surface area (Å²) in [5.74, 6) is 0.304. The highest BCUT2D eigenvalue weighted by Crippen LogP contribution is 2.31. The molecule has 0 radical (unpaired) electrons. The Morgan fingerprint density at radius 3 is 2.49 bits per heavy atom. The van der Waals surface area contributed by atoms with Crippen molar-refractivity contribution in [3.63, 3.8) is 0 Å². The number of hydrogen-bond acceptors (Lipinski definition) is 7. The Morgan fingerprint density at radius 1 is 0.977 bits per heavy atom. The number of amides is 1. The van der Waals surface area contributed by atoms with E-state index in [9.17, 15) is 18.0 Å². The molecular weight excluding hydrogens is 561 g/mol. The number of para-hydroxylation sites is 1. The van der Waals surface area contributed by atoms with Gasteiger partial charge in [-0.25, -0.2) is 0 Å². The molecule has 0 unspecified atom stereocenters. The van der Waals surface area contributed by atoms with Crippen LogP contribution in [0.15, 0.2) is 77.3 Å². The van der Waals surface area contributed by atoms with Gasteiger partial charge in [-0.3, -0.25) is 9.48 Å². The normalized spacial score (nSPS) is 14.0. The van der Waals surface area contributed by atoms with E-state index in [0.717, 1.165) is 41.7 Å². The van der Waals surface area contributed by atoms with Gasteiger partial charge in [-0.1, -0.05) is 42.4 Å². The first-order valence-corrected chi connectivity index (χ1v) is 14.0. The number of benzene rings is 3. The van der Waals surface area contributed by atoms with Crippen molar-refractivity contribution in [3.05, 3.63) is 78.4 Å². The third-order valence-electron chi connectivity index (χ3n) is 7.34. The number of aromatic nitrogens is 4. The van der Waals surface area contributed by atoms with Crippen LogP contribution in [0.25, 0.3) is 33.9 Å². The van der Waals surface area contributed by atoms with Crippen molar-refractivity contribution in [2.24, 2.45) is 0 Å². The van der Waals surface area contributed by atoms with Crippen LogP contribution in [-0.4, -0.2) is 63.3 Å². The molecule has 1 amide bonds. The molecule has 43 heavy (non-hydrogen) atoms. The van der Waals surface area contributed by atoms with Crippen molar-refractivity contribution in [1.29, 1.82) is 0 Å². The van der Waals surface area contributed by atoms with Gasteiger partial charge in [0, 0.05) is 49.2 Å². The van der Waals surface area contributed by atoms with E-state index in [4.69, 9.17) is 9.62 Å². The molecule has 1 saturated heterocycles. The van der Waals surface area contributed by atoms with Crippen molar-refractivity contribution in [3.8, 4) is 28.7 Å². The van der Waals surface area contributed by atoms with Crippen LogP contribution in [-0.2, 0) is 11.3 Å². The molecule has 0 N–H and O–H groups in total. The van der Waals surface area contributed by atoms with Gasteiger partial charge >= 0.3 is 6.36 Å². The van der Waals surface area contributed by atoms with Gasteiger partial charge in [0.05, 0.1) is 12.1 Å². The highest BCUT2D eigenvalue weighted by molar-refractivity contribution is 5.91. The summed E-state index contributed by atoms with van der Waals surface area (Å²) in [7, 11) is 0. The van der Waals surface area contributed by atoms with Gasteiger partial charge in [-0.15, -0.1) is 13.2 Å². The van der Waals surface area contributed by atoms with E-state index in [1.165, 1.54) is 24.3 Å². The van der Waals surface area contributed by atoms with E-state index in [2.05, 4.69) is 38.0 Å². The number of halogens is 3. The summed E-state index contributed by atoms with van der Waals surface area (Å²) in [6.07, 6.45) is -3.32. The van der Waals surface area contributed by atoms with Gasteiger partial charge in [0.2, 0.25) is 11.7 Å². The molecule has 0 bridgehead atoms. The first kappa shape index (κ1) is 28.3. The lowest BCUT2D eigenvalue weighted by molar-refractivity contribution is -0.274. The Balaban J connectivity index is 1.21. The number of anilines is 1. The molecule has 1 fully saturated rings. The lowest BCUT2D eigenvalue weighted by Crippen LogP contribution is -2.48. The summed E-state index contributed by atoms with van der Waals surface area (Å²) in [5.41, 5.74) is 4.04. The van der Waals surface area contributed by atoms with Crippen LogP contribution < -0.4 is 9.64 Å². The fraction of sp³-hybridized carbons (Fsp3) is 0.290. The Kier molecular flexibility index (Phi) is 7.75. The molecule has 0 spiro atoms. The maximum absolute atomic E-state index is 12.5. The molecule has 0 atom stereocenters. The van der Waals surface area contributed by atoms with Crippen LogP contribution >= 0.6 is 0 Å². The second-order valence-corrected chi connectivity index (χ2v) is 10.3. The molecule has 12 heteroatoms. The van der Waals surface area contributed by atoms with Crippen LogP contribution in [0.4, 0.5) is 18.9 Å². The number of nitrogens with zero attached hydrogens (tertiary/aromatic N) is 6. The Bertz CT molecular complexity index is 1720. The maximum atomic E-state index is 12.5. The van der Waals surface area contributed by atoms with Gasteiger partial charge in [0.25, 0.3) is 5.89 Å². The predicted molar refractivity (Wildman–Crippen MR) is 154 cm³/mol. The van der Waals surface area contributed by atoms with Crippen LogP contribution in [0, 0.1) is 0 Å². The molecule has 222 valence electrons. The monoisotopic (exact) mass is 590 g/mol. The summed E-state index contributed by atoms with van der Waals surface area (Å²) >= 11 is 0. The van der Waals surface area contributed by atoms with E-state index >= 15 is 0 Å². The van der Waals surface area contributed by atoms with E-state index in [1.807, 2.05) is 46.8 Å². The van der Waals surface area contributed by atoms with E-state index in [0.29, 0.717) is 37.3 Å². The van der Waals surface area contributed by atoms with E-state index in [1.54, 1.807) is 0 Å². The summed E-state index contributed by atoms with van der Waals surface area (Å²) in [5, 5.41) is 9.68. The number of piperazine rings is 1. The van der Waals surface area contributed by atoms with E-state index < -0.39 is 6.36 Å². The van der Waals surface area contributed by atoms with Gasteiger partial charge in [-0.2, -0.15) is 10.1 Å². The van der Waals surface area contributed by atoms with E-state index in [-0.39, 0.29) is 23.4 Å². The largest absolute Gasteiger partial charge is 0.573 e. The van der Waals surface area contributed by atoms with Crippen LogP contribution in [0.5, 0.6) is 5.75 Å². The number of hydrogen-bond donors (Lipinski definition) is 0. The molecule has 3 aromatic carbocycles. The highest BCUT2D eigenvalue weighted by Gasteiger charge is 2.31. The van der Waals surface area contributed by atoms with Gasteiger partial charge < -0.3 is 19.1 Å². The summed E-state index contributed by atoms with van der Waals surface area (Å²) in [6, 6.07) is 21.3. The second kappa shape index (κ2) is 11.8. The Labute approximate surface area is 245 Å². The van der Waals surface area contributed by atoms with Gasteiger partial charge in [-0.05, 0) is 54.4 Å². The minimum absolute atomic E-state index is 0.199. The number of fused-ring (bicyclic) bond motifs is 1. The molecule has 9 nitrogen and oxygen atoms in total. The fourth-order valence-electron chi connectivity index (χ4n) is 5.26. The van der Waals surface area contributed by atoms with Gasteiger partial charge in [0.1, 0.15) is 5.75 Å².